The van der Waals surface area contributed by atoms with Crippen LogP contribution in [0.3, 0.4) is 0 Å². The second-order valence-electron chi connectivity index (χ2n) is 7.12. The summed E-state index contributed by atoms with van der Waals surface area (Å²) in [5.41, 5.74) is 0.311. The maximum atomic E-state index is 11.9. The van der Waals surface area contributed by atoms with E-state index in [4.69, 9.17) is 0 Å². The fourth-order valence-electron chi connectivity index (χ4n) is 1.82. The molecule has 0 aromatic carbocycles. The zero-order valence-corrected chi connectivity index (χ0v) is 13.4. The van der Waals surface area contributed by atoms with E-state index in [9.17, 15) is 4.79 Å². The van der Waals surface area contributed by atoms with Crippen LogP contribution >= 0.6 is 0 Å². The SMILES string of the molecule is CC(C)CCCCCC(=O)N(C)CCC(C)(C)C. The summed E-state index contributed by atoms with van der Waals surface area (Å²) in [6, 6.07) is 0. The van der Waals surface area contributed by atoms with Crippen molar-refractivity contribution in [2.75, 3.05) is 13.6 Å². The molecule has 0 aromatic rings. The third kappa shape index (κ3) is 10.6. The Morgan fingerprint density at radius 1 is 1.11 bits per heavy atom. The second kappa shape index (κ2) is 8.55. The standard InChI is InChI=1S/C16H33NO/c1-14(2)10-8-7-9-11-15(18)17(6)13-12-16(3,4)5/h14H,7-13H2,1-6H3. The molecule has 108 valence electrons. The van der Waals surface area contributed by atoms with E-state index in [2.05, 4.69) is 34.6 Å². The molecule has 1 amide bonds. The molecule has 0 aliphatic carbocycles. The van der Waals surface area contributed by atoms with Crippen molar-refractivity contribution in [3.05, 3.63) is 0 Å². The fourth-order valence-corrected chi connectivity index (χ4v) is 1.82. The lowest BCUT2D eigenvalue weighted by Gasteiger charge is -2.23. The number of hydrogen-bond acceptors (Lipinski definition) is 1. The van der Waals surface area contributed by atoms with E-state index in [0.717, 1.165) is 31.7 Å². The predicted octanol–water partition coefficient (Wildman–Crippen LogP) is 4.49. The van der Waals surface area contributed by atoms with E-state index in [1.165, 1.54) is 19.3 Å². The van der Waals surface area contributed by atoms with Crippen molar-refractivity contribution < 1.29 is 4.79 Å². The average molecular weight is 255 g/mol. The highest BCUT2D eigenvalue weighted by Crippen LogP contribution is 2.18. The zero-order chi connectivity index (χ0) is 14.2. The van der Waals surface area contributed by atoms with Crippen LogP contribution < -0.4 is 0 Å². The Hall–Kier alpha value is -0.530. The molecule has 0 rings (SSSR count). The van der Waals surface area contributed by atoms with Crippen molar-refractivity contribution in [1.29, 1.82) is 0 Å². The van der Waals surface area contributed by atoms with Gasteiger partial charge in [-0.1, -0.05) is 53.9 Å². The summed E-state index contributed by atoms with van der Waals surface area (Å²) in [5.74, 6) is 1.10. The lowest BCUT2D eigenvalue weighted by molar-refractivity contribution is -0.130. The molecule has 0 saturated heterocycles. The molecule has 0 aliphatic heterocycles. The lowest BCUT2D eigenvalue weighted by atomic mass is 9.92. The van der Waals surface area contributed by atoms with Gasteiger partial charge in [-0.15, -0.1) is 0 Å². The van der Waals surface area contributed by atoms with E-state index in [-0.39, 0.29) is 0 Å². The summed E-state index contributed by atoms with van der Waals surface area (Å²) in [5, 5.41) is 0. The molecular weight excluding hydrogens is 222 g/mol. The predicted molar refractivity (Wildman–Crippen MR) is 79.6 cm³/mol. The summed E-state index contributed by atoms with van der Waals surface area (Å²) in [6.07, 6.45) is 6.58. The first-order chi connectivity index (χ1) is 8.22. The Kier molecular flexibility index (Phi) is 8.30. The van der Waals surface area contributed by atoms with Gasteiger partial charge in [0, 0.05) is 20.0 Å². The van der Waals surface area contributed by atoms with Gasteiger partial charge < -0.3 is 4.90 Å². The molecule has 2 nitrogen and oxygen atoms in total. The molecule has 0 N–H and O–H groups in total. The van der Waals surface area contributed by atoms with E-state index in [1.54, 1.807) is 0 Å². The first kappa shape index (κ1) is 17.5. The topological polar surface area (TPSA) is 20.3 Å². The largest absolute Gasteiger partial charge is 0.346 e. The molecule has 0 bridgehead atoms. The van der Waals surface area contributed by atoms with Gasteiger partial charge in [0.05, 0.1) is 0 Å². The third-order valence-electron chi connectivity index (χ3n) is 3.30. The number of unbranched alkanes of at least 4 members (excludes halogenated alkanes) is 2. The van der Waals surface area contributed by atoms with Crippen LogP contribution in [0.5, 0.6) is 0 Å². The monoisotopic (exact) mass is 255 g/mol. The van der Waals surface area contributed by atoms with Gasteiger partial charge in [0.1, 0.15) is 0 Å². The number of carbonyl (C=O) groups excluding carboxylic acids is 1. The minimum Gasteiger partial charge on any atom is -0.346 e. The van der Waals surface area contributed by atoms with Crippen molar-refractivity contribution in [3.63, 3.8) is 0 Å². The van der Waals surface area contributed by atoms with Crippen LogP contribution in [0.2, 0.25) is 0 Å². The van der Waals surface area contributed by atoms with Crippen LogP contribution in [0.15, 0.2) is 0 Å². The molecule has 18 heavy (non-hydrogen) atoms. The minimum absolute atomic E-state index is 0.309. The van der Waals surface area contributed by atoms with Gasteiger partial charge in [-0.2, -0.15) is 0 Å². The van der Waals surface area contributed by atoms with Crippen molar-refractivity contribution >= 4 is 5.91 Å². The highest BCUT2D eigenvalue weighted by Gasteiger charge is 2.14. The second-order valence-corrected chi connectivity index (χ2v) is 7.12. The molecule has 2 heteroatoms. The average Bonchev–Trinajstić information content (AvgIpc) is 2.23. The molecule has 0 radical (unpaired) electrons. The van der Waals surface area contributed by atoms with E-state index in [1.807, 2.05) is 11.9 Å². The van der Waals surface area contributed by atoms with Crippen LogP contribution in [-0.4, -0.2) is 24.4 Å². The van der Waals surface area contributed by atoms with Crippen LogP contribution in [0.25, 0.3) is 0 Å². The molecule has 0 aliphatic rings. The van der Waals surface area contributed by atoms with Crippen molar-refractivity contribution in [1.82, 2.24) is 4.90 Å². The van der Waals surface area contributed by atoms with Crippen LogP contribution in [0, 0.1) is 11.3 Å². The molecule has 0 unspecified atom stereocenters. The van der Waals surface area contributed by atoms with Gasteiger partial charge in [-0.05, 0) is 24.2 Å². The number of rotatable bonds is 8. The quantitative estimate of drug-likeness (QED) is 0.585. The van der Waals surface area contributed by atoms with Gasteiger partial charge in [0.2, 0.25) is 5.91 Å². The van der Waals surface area contributed by atoms with Crippen LogP contribution in [-0.2, 0) is 4.79 Å². The number of carbonyl (C=O) groups is 1. The molecular formula is C16H33NO. The highest BCUT2D eigenvalue weighted by molar-refractivity contribution is 5.75. The minimum atomic E-state index is 0.309. The number of amides is 1. The summed E-state index contributed by atoms with van der Waals surface area (Å²) < 4.78 is 0. The van der Waals surface area contributed by atoms with E-state index >= 15 is 0 Å². The Balaban J connectivity index is 3.62. The first-order valence-electron chi connectivity index (χ1n) is 7.46. The maximum absolute atomic E-state index is 11.9. The van der Waals surface area contributed by atoms with Gasteiger partial charge in [-0.3, -0.25) is 4.79 Å². The molecule has 0 saturated carbocycles. The Morgan fingerprint density at radius 3 is 2.22 bits per heavy atom. The first-order valence-corrected chi connectivity index (χ1v) is 7.46. The van der Waals surface area contributed by atoms with Crippen LogP contribution in [0.1, 0.15) is 73.1 Å². The Bertz CT molecular complexity index is 228. The summed E-state index contributed by atoms with van der Waals surface area (Å²) in [6.45, 7) is 12.1. The Labute approximate surface area is 114 Å². The van der Waals surface area contributed by atoms with Crippen LogP contribution in [0.4, 0.5) is 0 Å². The van der Waals surface area contributed by atoms with E-state index < -0.39 is 0 Å². The van der Waals surface area contributed by atoms with Gasteiger partial charge >= 0.3 is 0 Å². The summed E-state index contributed by atoms with van der Waals surface area (Å²) in [4.78, 5) is 13.8. The smallest absolute Gasteiger partial charge is 0.222 e. The Morgan fingerprint density at radius 2 is 1.72 bits per heavy atom. The highest BCUT2D eigenvalue weighted by atomic mass is 16.2. The van der Waals surface area contributed by atoms with Crippen molar-refractivity contribution in [3.8, 4) is 0 Å². The molecule has 0 heterocycles. The van der Waals surface area contributed by atoms with Gasteiger partial charge in [0.15, 0.2) is 0 Å². The van der Waals surface area contributed by atoms with Crippen molar-refractivity contribution in [2.24, 2.45) is 11.3 Å². The normalized spacial score (nSPS) is 11.9. The van der Waals surface area contributed by atoms with Crippen molar-refractivity contribution in [2.45, 2.75) is 73.1 Å². The zero-order valence-electron chi connectivity index (χ0n) is 13.4. The van der Waals surface area contributed by atoms with E-state index in [0.29, 0.717) is 11.3 Å². The molecule has 0 atom stereocenters. The molecule has 0 aromatic heterocycles. The van der Waals surface area contributed by atoms with Gasteiger partial charge in [0.25, 0.3) is 0 Å². The summed E-state index contributed by atoms with van der Waals surface area (Å²) >= 11 is 0. The summed E-state index contributed by atoms with van der Waals surface area (Å²) in [7, 11) is 1.93. The lowest BCUT2D eigenvalue weighted by Crippen LogP contribution is -2.29. The number of hydrogen-bond donors (Lipinski definition) is 0. The third-order valence-corrected chi connectivity index (χ3v) is 3.30. The molecule has 0 fully saturated rings. The van der Waals surface area contributed by atoms with Gasteiger partial charge in [-0.25, -0.2) is 0 Å². The molecule has 0 spiro atoms. The fraction of sp³-hybridized carbons (Fsp3) is 0.938. The number of nitrogens with zero attached hydrogens (tertiary/aromatic N) is 1. The maximum Gasteiger partial charge on any atom is 0.222 e.